The van der Waals surface area contributed by atoms with Gasteiger partial charge in [-0.15, -0.1) is 0 Å². The third kappa shape index (κ3) is 2.73. The quantitative estimate of drug-likeness (QED) is 0.539. The van der Waals surface area contributed by atoms with Crippen LogP contribution in [0.1, 0.15) is 38.6 Å². The fourth-order valence-corrected chi connectivity index (χ4v) is 1.67. The summed E-state index contributed by atoms with van der Waals surface area (Å²) in [6, 6.07) is 0.167. The van der Waals surface area contributed by atoms with E-state index in [1.54, 1.807) is 4.57 Å². The van der Waals surface area contributed by atoms with Crippen LogP contribution in [0.15, 0.2) is 4.79 Å². The molecule has 0 saturated carbocycles. The molecule has 0 atom stereocenters. The molecule has 0 amide bonds. The second kappa shape index (κ2) is 5.19. The zero-order valence-corrected chi connectivity index (χ0v) is 9.73. The summed E-state index contributed by atoms with van der Waals surface area (Å²) in [5.41, 5.74) is -0.0143. The summed E-state index contributed by atoms with van der Waals surface area (Å²) in [4.78, 5) is 11.9. The standard InChI is InChI=1S/C10H18BN3O/c1-8(2)14-9(3)12-13(10(14)15)7-5-4-6-11/h8H,4-7H2,1-3H3. The summed E-state index contributed by atoms with van der Waals surface area (Å²) >= 11 is 0. The topological polar surface area (TPSA) is 39.8 Å². The molecule has 1 rings (SSSR count). The number of nitrogens with zero attached hydrogens (tertiary/aromatic N) is 3. The van der Waals surface area contributed by atoms with Gasteiger partial charge in [0, 0.05) is 12.6 Å². The first kappa shape index (κ1) is 12.1. The van der Waals surface area contributed by atoms with Gasteiger partial charge >= 0.3 is 5.69 Å². The number of unbranched alkanes of at least 4 members (excludes halogenated alkanes) is 1. The minimum atomic E-state index is -0.0143. The highest BCUT2D eigenvalue weighted by molar-refractivity contribution is 6.08. The van der Waals surface area contributed by atoms with Gasteiger partial charge in [0.25, 0.3) is 0 Å². The van der Waals surface area contributed by atoms with Crippen molar-refractivity contribution in [2.45, 2.75) is 52.5 Å². The van der Waals surface area contributed by atoms with Crippen LogP contribution >= 0.6 is 0 Å². The van der Waals surface area contributed by atoms with Crippen LogP contribution in [0.2, 0.25) is 6.32 Å². The van der Waals surface area contributed by atoms with Crippen molar-refractivity contribution < 1.29 is 0 Å². The van der Waals surface area contributed by atoms with Crippen LogP contribution < -0.4 is 5.69 Å². The summed E-state index contributed by atoms with van der Waals surface area (Å²) in [7, 11) is 5.40. The van der Waals surface area contributed by atoms with Gasteiger partial charge in [-0.05, 0) is 27.2 Å². The minimum Gasteiger partial charge on any atom is -0.277 e. The summed E-state index contributed by atoms with van der Waals surface area (Å²) in [5, 5.41) is 4.23. The SMILES string of the molecule is [B]CCCCn1nc(C)n(C(C)C)c1=O. The van der Waals surface area contributed by atoms with E-state index in [1.165, 1.54) is 4.68 Å². The van der Waals surface area contributed by atoms with Crippen molar-refractivity contribution >= 4 is 7.85 Å². The van der Waals surface area contributed by atoms with Crippen LogP contribution in [-0.4, -0.2) is 22.2 Å². The molecule has 15 heavy (non-hydrogen) atoms. The predicted octanol–water partition coefficient (Wildman–Crippen LogP) is 1.30. The Morgan fingerprint density at radius 3 is 2.53 bits per heavy atom. The molecule has 0 aliphatic rings. The van der Waals surface area contributed by atoms with Crippen molar-refractivity contribution in [1.82, 2.24) is 14.3 Å². The van der Waals surface area contributed by atoms with Crippen LogP contribution in [0.3, 0.4) is 0 Å². The van der Waals surface area contributed by atoms with Crippen molar-refractivity contribution in [2.75, 3.05) is 0 Å². The number of hydrogen-bond acceptors (Lipinski definition) is 2. The van der Waals surface area contributed by atoms with Gasteiger partial charge in [0.1, 0.15) is 5.82 Å². The molecule has 1 heterocycles. The normalized spacial score (nSPS) is 11.2. The zero-order chi connectivity index (χ0) is 11.4. The molecular formula is C10H18BN3O. The molecule has 1 aromatic rings. The first-order valence-corrected chi connectivity index (χ1v) is 5.44. The van der Waals surface area contributed by atoms with E-state index < -0.39 is 0 Å². The predicted molar refractivity (Wildman–Crippen MR) is 61.4 cm³/mol. The van der Waals surface area contributed by atoms with Crippen LogP contribution in [-0.2, 0) is 6.54 Å². The lowest BCUT2D eigenvalue weighted by molar-refractivity contribution is 0.521. The Labute approximate surface area is 91.7 Å². The molecule has 82 valence electrons. The van der Waals surface area contributed by atoms with E-state index >= 15 is 0 Å². The van der Waals surface area contributed by atoms with Crippen molar-refractivity contribution in [2.24, 2.45) is 0 Å². The van der Waals surface area contributed by atoms with Gasteiger partial charge in [-0.3, -0.25) is 4.57 Å². The fourth-order valence-electron chi connectivity index (χ4n) is 1.67. The van der Waals surface area contributed by atoms with Crippen LogP contribution in [0.5, 0.6) is 0 Å². The molecular weight excluding hydrogens is 189 g/mol. The van der Waals surface area contributed by atoms with Gasteiger partial charge in [0.05, 0.1) is 7.85 Å². The first-order valence-electron chi connectivity index (χ1n) is 5.44. The van der Waals surface area contributed by atoms with E-state index in [2.05, 4.69) is 5.10 Å². The molecule has 0 saturated heterocycles. The molecule has 0 fully saturated rings. The van der Waals surface area contributed by atoms with E-state index in [0.29, 0.717) is 12.9 Å². The van der Waals surface area contributed by atoms with Crippen LogP contribution in [0, 0.1) is 6.92 Å². The molecule has 2 radical (unpaired) electrons. The molecule has 4 nitrogen and oxygen atoms in total. The number of aryl methyl sites for hydroxylation is 2. The molecule has 0 N–H and O–H groups in total. The molecule has 0 aliphatic carbocycles. The smallest absolute Gasteiger partial charge is 0.277 e. The van der Waals surface area contributed by atoms with Crippen molar-refractivity contribution in [3.8, 4) is 0 Å². The lowest BCUT2D eigenvalue weighted by atomic mass is 10.0. The zero-order valence-electron chi connectivity index (χ0n) is 9.73. The first-order chi connectivity index (χ1) is 7.07. The molecule has 0 spiro atoms. The molecule has 0 aromatic carbocycles. The Morgan fingerprint density at radius 2 is 2.07 bits per heavy atom. The maximum atomic E-state index is 11.9. The lowest BCUT2D eigenvalue weighted by Gasteiger charge is -2.05. The van der Waals surface area contributed by atoms with Gasteiger partial charge in [-0.1, -0.05) is 12.7 Å². The van der Waals surface area contributed by atoms with Crippen molar-refractivity contribution in [3.05, 3.63) is 16.3 Å². The third-order valence-electron chi connectivity index (χ3n) is 2.38. The largest absolute Gasteiger partial charge is 0.346 e. The second-order valence-electron chi connectivity index (χ2n) is 4.01. The Morgan fingerprint density at radius 1 is 1.40 bits per heavy atom. The molecule has 0 unspecified atom stereocenters. The summed E-state index contributed by atoms with van der Waals surface area (Å²) < 4.78 is 3.24. The highest BCUT2D eigenvalue weighted by Crippen LogP contribution is 2.03. The molecule has 5 heteroatoms. The Hall–Kier alpha value is -0.995. The van der Waals surface area contributed by atoms with E-state index in [0.717, 1.165) is 18.7 Å². The fraction of sp³-hybridized carbons (Fsp3) is 0.800. The van der Waals surface area contributed by atoms with E-state index in [-0.39, 0.29) is 11.7 Å². The van der Waals surface area contributed by atoms with E-state index in [9.17, 15) is 4.79 Å². The van der Waals surface area contributed by atoms with Crippen LogP contribution in [0.25, 0.3) is 0 Å². The van der Waals surface area contributed by atoms with Gasteiger partial charge < -0.3 is 0 Å². The molecule has 0 bridgehead atoms. The number of aromatic nitrogens is 3. The molecule has 0 aliphatic heterocycles. The Balaban J connectivity index is 2.83. The van der Waals surface area contributed by atoms with Gasteiger partial charge in [0.2, 0.25) is 0 Å². The van der Waals surface area contributed by atoms with Crippen LogP contribution in [0.4, 0.5) is 0 Å². The van der Waals surface area contributed by atoms with Crippen molar-refractivity contribution in [3.63, 3.8) is 0 Å². The van der Waals surface area contributed by atoms with E-state index in [4.69, 9.17) is 7.85 Å². The minimum absolute atomic E-state index is 0.0143. The lowest BCUT2D eigenvalue weighted by Crippen LogP contribution is -2.26. The maximum Gasteiger partial charge on any atom is 0.346 e. The van der Waals surface area contributed by atoms with Gasteiger partial charge in [0.15, 0.2) is 0 Å². The third-order valence-corrected chi connectivity index (χ3v) is 2.38. The van der Waals surface area contributed by atoms with Crippen molar-refractivity contribution in [1.29, 1.82) is 0 Å². The average molecular weight is 207 g/mol. The highest BCUT2D eigenvalue weighted by atomic mass is 16.2. The second-order valence-corrected chi connectivity index (χ2v) is 4.01. The van der Waals surface area contributed by atoms with Gasteiger partial charge in [-0.2, -0.15) is 5.10 Å². The summed E-state index contributed by atoms with van der Waals surface area (Å²) in [6.07, 6.45) is 2.50. The monoisotopic (exact) mass is 207 g/mol. The Kier molecular flexibility index (Phi) is 4.18. The highest BCUT2D eigenvalue weighted by Gasteiger charge is 2.11. The number of hydrogen-bond donors (Lipinski definition) is 0. The maximum absolute atomic E-state index is 11.9. The summed E-state index contributed by atoms with van der Waals surface area (Å²) in [6.45, 7) is 6.50. The number of rotatable bonds is 5. The van der Waals surface area contributed by atoms with Gasteiger partial charge in [-0.25, -0.2) is 9.48 Å². The van der Waals surface area contributed by atoms with E-state index in [1.807, 2.05) is 20.8 Å². The summed E-state index contributed by atoms with van der Waals surface area (Å²) in [5.74, 6) is 0.780. The Bertz CT molecular complexity index is 367. The average Bonchev–Trinajstić information content (AvgIpc) is 2.42. The molecule has 1 aromatic heterocycles.